The standard InChI is InChI=1S/C12H20N2O/c1-4-9-14(10-5-2)11(15)12(3)7-6-8-13-12/h1,13H,5-10H2,2-3H3. The lowest BCUT2D eigenvalue weighted by Gasteiger charge is -2.30. The fourth-order valence-electron chi connectivity index (χ4n) is 2.06. The molecule has 0 radical (unpaired) electrons. The van der Waals surface area contributed by atoms with Crippen LogP contribution in [0.4, 0.5) is 0 Å². The Balaban J connectivity index is 2.66. The maximum Gasteiger partial charge on any atom is 0.243 e. The van der Waals surface area contributed by atoms with Crippen molar-refractivity contribution in [3.63, 3.8) is 0 Å². The van der Waals surface area contributed by atoms with Gasteiger partial charge in [-0.05, 0) is 32.7 Å². The fourth-order valence-corrected chi connectivity index (χ4v) is 2.06. The summed E-state index contributed by atoms with van der Waals surface area (Å²) in [6.07, 6.45) is 8.20. The molecule has 1 N–H and O–H groups in total. The summed E-state index contributed by atoms with van der Waals surface area (Å²) in [5.74, 6) is 2.70. The predicted molar refractivity (Wildman–Crippen MR) is 61.3 cm³/mol. The SMILES string of the molecule is C#CCN(CCC)C(=O)C1(C)CCCN1. The van der Waals surface area contributed by atoms with Gasteiger partial charge in [0.05, 0.1) is 12.1 Å². The van der Waals surface area contributed by atoms with Crippen LogP contribution in [0.2, 0.25) is 0 Å². The lowest BCUT2D eigenvalue weighted by Crippen LogP contribution is -2.53. The number of rotatable bonds is 4. The number of amides is 1. The Morgan fingerprint density at radius 3 is 2.87 bits per heavy atom. The van der Waals surface area contributed by atoms with E-state index in [0.29, 0.717) is 6.54 Å². The van der Waals surface area contributed by atoms with Crippen LogP contribution in [0.3, 0.4) is 0 Å². The van der Waals surface area contributed by atoms with Crippen LogP contribution >= 0.6 is 0 Å². The van der Waals surface area contributed by atoms with Crippen LogP contribution in [0.1, 0.15) is 33.1 Å². The molecule has 0 aliphatic carbocycles. The minimum atomic E-state index is -0.383. The Morgan fingerprint density at radius 1 is 1.67 bits per heavy atom. The highest BCUT2D eigenvalue weighted by molar-refractivity contribution is 5.86. The first kappa shape index (κ1) is 12.1. The number of hydrogen-bond acceptors (Lipinski definition) is 2. The number of terminal acetylenes is 1. The van der Waals surface area contributed by atoms with Crippen molar-refractivity contribution in [1.29, 1.82) is 0 Å². The molecule has 3 nitrogen and oxygen atoms in total. The van der Waals surface area contributed by atoms with Gasteiger partial charge < -0.3 is 10.2 Å². The van der Waals surface area contributed by atoms with Crippen LogP contribution in [0, 0.1) is 12.3 Å². The highest BCUT2D eigenvalue weighted by Gasteiger charge is 2.38. The smallest absolute Gasteiger partial charge is 0.243 e. The van der Waals surface area contributed by atoms with Gasteiger partial charge in [0.2, 0.25) is 5.91 Å². The van der Waals surface area contributed by atoms with E-state index in [1.165, 1.54) is 0 Å². The van der Waals surface area contributed by atoms with Crippen LogP contribution < -0.4 is 5.32 Å². The summed E-state index contributed by atoms with van der Waals surface area (Å²) in [6.45, 7) is 6.13. The van der Waals surface area contributed by atoms with Gasteiger partial charge in [0, 0.05) is 6.54 Å². The maximum atomic E-state index is 12.2. The van der Waals surface area contributed by atoms with Gasteiger partial charge in [-0.2, -0.15) is 0 Å². The van der Waals surface area contributed by atoms with Crippen molar-refractivity contribution < 1.29 is 4.79 Å². The molecule has 1 aliphatic rings. The first-order chi connectivity index (χ1) is 7.14. The number of carbonyl (C=O) groups is 1. The molecule has 1 saturated heterocycles. The third-order valence-corrected chi connectivity index (χ3v) is 2.90. The van der Waals surface area contributed by atoms with Crippen LogP contribution in [-0.2, 0) is 4.79 Å². The van der Waals surface area contributed by atoms with Crippen molar-refractivity contribution in [2.45, 2.75) is 38.6 Å². The highest BCUT2D eigenvalue weighted by Crippen LogP contribution is 2.21. The average Bonchev–Trinajstić information content (AvgIpc) is 2.65. The van der Waals surface area contributed by atoms with E-state index in [4.69, 9.17) is 6.42 Å². The van der Waals surface area contributed by atoms with E-state index in [1.807, 2.05) is 6.92 Å². The lowest BCUT2D eigenvalue weighted by atomic mass is 9.98. The Morgan fingerprint density at radius 2 is 2.40 bits per heavy atom. The summed E-state index contributed by atoms with van der Waals surface area (Å²) in [5, 5.41) is 3.27. The zero-order chi connectivity index (χ0) is 11.3. The van der Waals surface area contributed by atoms with E-state index in [9.17, 15) is 4.79 Å². The molecule has 1 aliphatic heterocycles. The predicted octanol–water partition coefficient (Wildman–Crippen LogP) is 1.00. The number of carbonyl (C=O) groups excluding carboxylic acids is 1. The third kappa shape index (κ3) is 2.73. The Kier molecular flexibility index (Phi) is 4.16. The summed E-state index contributed by atoms with van der Waals surface area (Å²) in [4.78, 5) is 14.0. The molecule has 1 amide bonds. The van der Waals surface area contributed by atoms with E-state index in [-0.39, 0.29) is 11.4 Å². The van der Waals surface area contributed by atoms with Gasteiger partial charge in [-0.25, -0.2) is 0 Å². The van der Waals surface area contributed by atoms with Crippen LogP contribution in [-0.4, -0.2) is 36.0 Å². The molecule has 0 aromatic rings. The van der Waals surface area contributed by atoms with Gasteiger partial charge in [-0.1, -0.05) is 12.8 Å². The monoisotopic (exact) mass is 208 g/mol. The molecule has 1 rings (SSSR count). The number of hydrogen-bond donors (Lipinski definition) is 1. The Hall–Kier alpha value is -1.01. The van der Waals surface area contributed by atoms with Gasteiger partial charge in [0.1, 0.15) is 0 Å². The molecule has 84 valence electrons. The minimum absolute atomic E-state index is 0.153. The second-order valence-corrected chi connectivity index (χ2v) is 4.29. The molecular formula is C12H20N2O. The summed E-state index contributed by atoms with van der Waals surface area (Å²) in [7, 11) is 0. The number of nitrogens with one attached hydrogen (secondary N) is 1. The van der Waals surface area contributed by atoms with Crippen molar-refractivity contribution in [2.75, 3.05) is 19.6 Å². The van der Waals surface area contributed by atoms with Gasteiger partial charge in [0.15, 0.2) is 0 Å². The first-order valence-corrected chi connectivity index (χ1v) is 5.62. The maximum absolute atomic E-state index is 12.2. The molecule has 3 heteroatoms. The highest BCUT2D eigenvalue weighted by atomic mass is 16.2. The van der Waals surface area contributed by atoms with Crippen molar-refractivity contribution in [3.05, 3.63) is 0 Å². The van der Waals surface area contributed by atoms with Crippen LogP contribution in [0.5, 0.6) is 0 Å². The van der Waals surface area contributed by atoms with Crippen LogP contribution in [0.25, 0.3) is 0 Å². The molecule has 1 unspecified atom stereocenters. The molecule has 1 heterocycles. The summed E-state index contributed by atoms with van der Waals surface area (Å²) < 4.78 is 0. The molecular weight excluding hydrogens is 188 g/mol. The van der Waals surface area contributed by atoms with Crippen molar-refractivity contribution >= 4 is 5.91 Å². The molecule has 0 spiro atoms. The zero-order valence-electron chi connectivity index (χ0n) is 9.68. The quantitative estimate of drug-likeness (QED) is 0.699. The second kappa shape index (κ2) is 5.18. The van der Waals surface area contributed by atoms with Crippen molar-refractivity contribution in [2.24, 2.45) is 0 Å². The van der Waals surface area contributed by atoms with E-state index < -0.39 is 0 Å². The molecule has 1 atom stereocenters. The molecule has 0 aromatic carbocycles. The van der Waals surface area contributed by atoms with E-state index >= 15 is 0 Å². The number of nitrogens with zero attached hydrogens (tertiary/aromatic N) is 1. The van der Waals surface area contributed by atoms with Crippen molar-refractivity contribution in [3.8, 4) is 12.3 Å². The fraction of sp³-hybridized carbons (Fsp3) is 0.750. The van der Waals surface area contributed by atoms with Crippen molar-refractivity contribution in [1.82, 2.24) is 10.2 Å². The molecule has 1 fully saturated rings. The summed E-state index contributed by atoms with van der Waals surface area (Å²) in [5.41, 5.74) is -0.383. The minimum Gasteiger partial charge on any atom is -0.330 e. The topological polar surface area (TPSA) is 32.3 Å². The summed E-state index contributed by atoms with van der Waals surface area (Å²) >= 11 is 0. The van der Waals surface area contributed by atoms with Gasteiger partial charge >= 0.3 is 0 Å². The Labute approximate surface area is 92.2 Å². The van der Waals surface area contributed by atoms with Gasteiger partial charge in [0.25, 0.3) is 0 Å². The lowest BCUT2D eigenvalue weighted by molar-refractivity contribution is -0.136. The first-order valence-electron chi connectivity index (χ1n) is 5.62. The van der Waals surface area contributed by atoms with Crippen LogP contribution in [0.15, 0.2) is 0 Å². The molecule has 0 saturated carbocycles. The van der Waals surface area contributed by atoms with E-state index in [2.05, 4.69) is 18.2 Å². The Bertz CT molecular complexity index is 261. The normalized spacial score (nSPS) is 24.9. The molecule has 0 aromatic heterocycles. The summed E-state index contributed by atoms with van der Waals surface area (Å²) in [6, 6.07) is 0. The van der Waals surface area contributed by atoms with E-state index in [1.54, 1.807) is 4.90 Å². The largest absolute Gasteiger partial charge is 0.330 e. The second-order valence-electron chi connectivity index (χ2n) is 4.29. The average molecular weight is 208 g/mol. The van der Waals surface area contributed by atoms with Gasteiger partial charge in [-0.15, -0.1) is 6.42 Å². The van der Waals surface area contributed by atoms with Gasteiger partial charge in [-0.3, -0.25) is 4.79 Å². The third-order valence-electron chi connectivity index (χ3n) is 2.90. The molecule has 0 bridgehead atoms. The molecule has 15 heavy (non-hydrogen) atoms. The van der Waals surface area contributed by atoms with E-state index in [0.717, 1.165) is 32.4 Å². The zero-order valence-corrected chi connectivity index (χ0v) is 9.68.